The number of aromatic amines is 1. The number of hydrogen-bond acceptors (Lipinski definition) is 7. The average molecular weight is 416 g/mol. The van der Waals surface area contributed by atoms with E-state index < -0.39 is 0 Å². The molecular weight excluding hydrogens is 392 g/mol. The Kier molecular flexibility index (Phi) is 6.07. The van der Waals surface area contributed by atoms with Crippen LogP contribution in [0, 0.1) is 6.92 Å². The lowest BCUT2D eigenvalue weighted by atomic mass is 10.1. The highest BCUT2D eigenvalue weighted by atomic mass is 16.5. The Morgan fingerprint density at radius 2 is 1.90 bits per heavy atom. The minimum absolute atomic E-state index is 0.0545. The van der Waals surface area contributed by atoms with Crippen molar-refractivity contribution in [2.24, 2.45) is 0 Å². The molecule has 2 heterocycles. The number of aryl methyl sites for hydroxylation is 2. The standard InChI is InChI=1S/C23H24N6O2/c1-15-7-2-4-10-18(15)26-23-28-20(27-22(24)29-23)14-31-21(30)12-6-8-16-13-25-19-11-5-3-9-17(16)19/h2-5,7,9-11,13,25H,6,8,12,14H2,1H3,(H3,24,26,27,28,29). The van der Waals surface area contributed by atoms with Crippen LogP contribution in [0.2, 0.25) is 0 Å². The number of nitrogen functional groups attached to an aromatic ring is 1. The van der Waals surface area contributed by atoms with Gasteiger partial charge in [0.05, 0.1) is 0 Å². The molecule has 0 atom stereocenters. The fraction of sp³-hybridized carbons (Fsp3) is 0.217. The van der Waals surface area contributed by atoms with Gasteiger partial charge in [0.1, 0.15) is 0 Å². The van der Waals surface area contributed by atoms with Crippen LogP contribution in [0.25, 0.3) is 10.9 Å². The molecule has 0 aliphatic rings. The maximum Gasteiger partial charge on any atom is 0.306 e. The quantitative estimate of drug-likeness (QED) is 0.371. The Hall–Kier alpha value is -3.94. The lowest BCUT2D eigenvalue weighted by molar-refractivity contribution is -0.145. The molecule has 4 rings (SSSR count). The monoisotopic (exact) mass is 416 g/mol. The second kappa shape index (κ2) is 9.25. The maximum absolute atomic E-state index is 12.2. The van der Waals surface area contributed by atoms with Crippen LogP contribution in [0.15, 0.2) is 54.7 Å². The van der Waals surface area contributed by atoms with Gasteiger partial charge in [0.15, 0.2) is 12.4 Å². The van der Waals surface area contributed by atoms with E-state index >= 15 is 0 Å². The van der Waals surface area contributed by atoms with E-state index in [-0.39, 0.29) is 18.5 Å². The number of nitrogens with two attached hydrogens (primary N) is 1. The van der Waals surface area contributed by atoms with Crippen LogP contribution in [0.5, 0.6) is 0 Å². The summed E-state index contributed by atoms with van der Waals surface area (Å²) in [6.45, 7) is 1.92. The molecule has 2 aromatic heterocycles. The van der Waals surface area contributed by atoms with Crippen molar-refractivity contribution < 1.29 is 9.53 Å². The molecule has 0 fully saturated rings. The summed E-state index contributed by atoms with van der Waals surface area (Å²) in [5.74, 6) is 0.379. The summed E-state index contributed by atoms with van der Waals surface area (Å²) in [5, 5.41) is 4.31. The van der Waals surface area contributed by atoms with Crippen LogP contribution in [-0.2, 0) is 22.6 Å². The highest BCUT2D eigenvalue weighted by Gasteiger charge is 2.10. The van der Waals surface area contributed by atoms with E-state index in [1.54, 1.807) is 0 Å². The predicted molar refractivity (Wildman–Crippen MR) is 120 cm³/mol. The first-order chi connectivity index (χ1) is 15.1. The molecule has 2 aromatic carbocycles. The molecule has 8 nitrogen and oxygen atoms in total. The number of aromatic nitrogens is 4. The van der Waals surface area contributed by atoms with E-state index in [1.165, 1.54) is 10.9 Å². The zero-order valence-electron chi connectivity index (χ0n) is 17.3. The van der Waals surface area contributed by atoms with Gasteiger partial charge in [-0.3, -0.25) is 4.79 Å². The zero-order valence-corrected chi connectivity index (χ0v) is 17.3. The van der Waals surface area contributed by atoms with Crippen molar-refractivity contribution in [3.05, 3.63) is 71.7 Å². The summed E-state index contributed by atoms with van der Waals surface area (Å²) in [6, 6.07) is 15.9. The van der Waals surface area contributed by atoms with Crippen LogP contribution in [0.4, 0.5) is 17.6 Å². The van der Waals surface area contributed by atoms with Crippen molar-refractivity contribution in [3.63, 3.8) is 0 Å². The van der Waals surface area contributed by atoms with Gasteiger partial charge in [0.2, 0.25) is 11.9 Å². The van der Waals surface area contributed by atoms with Gasteiger partial charge in [-0.2, -0.15) is 15.0 Å². The molecule has 0 saturated carbocycles. The minimum atomic E-state index is -0.299. The largest absolute Gasteiger partial charge is 0.457 e. The number of nitrogens with one attached hydrogen (secondary N) is 2. The first-order valence-corrected chi connectivity index (χ1v) is 10.1. The van der Waals surface area contributed by atoms with E-state index in [2.05, 4.69) is 31.3 Å². The molecule has 0 bridgehead atoms. The van der Waals surface area contributed by atoms with Crippen LogP contribution in [0.1, 0.15) is 29.8 Å². The number of hydrogen-bond donors (Lipinski definition) is 3. The molecule has 4 N–H and O–H groups in total. The molecule has 158 valence electrons. The van der Waals surface area contributed by atoms with Gasteiger partial charge in [0, 0.05) is 29.2 Å². The molecule has 0 radical (unpaired) electrons. The smallest absolute Gasteiger partial charge is 0.306 e. The van der Waals surface area contributed by atoms with Gasteiger partial charge >= 0.3 is 5.97 Å². The third-order valence-electron chi connectivity index (χ3n) is 4.95. The molecule has 0 spiro atoms. The molecule has 0 unspecified atom stereocenters. The number of H-pyrrole nitrogens is 1. The second-order valence-electron chi connectivity index (χ2n) is 7.25. The number of para-hydroxylation sites is 2. The number of fused-ring (bicyclic) bond motifs is 1. The average Bonchev–Trinajstić information content (AvgIpc) is 3.17. The summed E-state index contributed by atoms with van der Waals surface area (Å²) in [6.07, 6.45) is 3.80. The van der Waals surface area contributed by atoms with Crippen molar-refractivity contribution in [1.82, 2.24) is 19.9 Å². The van der Waals surface area contributed by atoms with Crippen LogP contribution in [0.3, 0.4) is 0 Å². The van der Waals surface area contributed by atoms with Crippen LogP contribution >= 0.6 is 0 Å². The van der Waals surface area contributed by atoms with Crippen molar-refractivity contribution >= 4 is 34.5 Å². The number of esters is 1. The Balaban J connectivity index is 1.30. The van der Waals surface area contributed by atoms with Crippen molar-refractivity contribution in [2.75, 3.05) is 11.1 Å². The number of carbonyl (C=O) groups is 1. The Morgan fingerprint density at radius 3 is 2.77 bits per heavy atom. The molecule has 0 aliphatic carbocycles. The van der Waals surface area contributed by atoms with E-state index in [1.807, 2.05) is 55.6 Å². The van der Waals surface area contributed by atoms with Crippen molar-refractivity contribution in [3.8, 4) is 0 Å². The van der Waals surface area contributed by atoms with Crippen LogP contribution < -0.4 is 11.1 Å². The highest BCUT2D eigenvalue weighted by Crippen LogP contribution is 2.20. The van der Waals surface area contributed by atoms with E-state index in [9.17, 15) is 4.79 Å². The van der Waals surface area contributed by atoms with E-state index in [0.29, 0.717) is 24.6 Å². The number of nitrogens with zero attached hydrogens (tertiary/aromatic N) is 3. The highest BCUT2D eigenvalue weighted by molar-refractivity contribution is 5.83. The third-order valence-corrected chi connectivity index (χ3v) is 4.95. The molecule has 8 heteroatoms. The predicted octanol–water partition coefficient (Wildman–Crippen LogP) is 4.05. The number of anilines is 3. The Morgan fingerprint density at radius 1 is 1.10 bits per heavy atom. The van der Waals surface area contributed by atoms with Gasteiger partial charge in [-0.05, 0) is 43.0 Å². The number of ether oxygens (including phenoxy) is 1. The van der Waals surface area contributed by atoms with Crippen molar-refractivity contribution in [2.45, 2.75) is 32.8 Å². The Labute approximate surface area is 179 Å². The first kappa shape index (κ1) is 20.3. The fourth-order valence-corrected chi connectivity index (χ4v) is 3.37. The Bertz CT molecular complexity index is 1200. The van der Waals surface area contributed by atoms with E-state index in [0.717, 1.165) is 23.2 Å². The van der Waals surface area contributed by atoms with Crippen LogP contribution in [-0.4, -0.2) is 25.9 Å². The molecule has 0 saturated heterocycles. The first-order valence-electron chi connectivity index (χ1n) is 10.1. The zero-order chi connectivity index (χ0) is 21.6. The number of rotatable bonds is 8. The SMILES string of the molecule is Cc1ccccc1Nc1nc(N)nc(COC(=O)CCCc2c[nH]c3ccccc23)n1. The summed E-state index contributed by atoms with van der Waals surface area (Å²) in [5.41, 5.74) is 10.0. The number of benzene rings is 2. The summed E-state index contributed by atoms with van der Waals surface area (Å²) < 4.78 is 5.34. The van der Waals surface area contributed by atoms with E-state index in [4.69, 9.17) is 10.5 Å². The molecule has 0 aliphatic heterocycles. The van der Waals surface area contributed by atoms with Gasteiger partial charge in [-0.15, -0.1) is 0 Å². The van der Waals surface area contributed by atoms with Gasteiger partial charge in [-0.25, -0.2) is 0 Å². The summed E-state index contributed by atoms with van der Waals surface area (Å²) >= 11 is 0. The minimum Gasteiger partial charge on any atom is -0.457 e. The topological polar surface area (TPSA) is 119 Å². The molecule has 31 heavy (non-hydrogen) atoms. The van der Waals surface area contributed by atoms with Gasteiger partial charge in [-0.1, -0.05) is 36.4 Å². The second-order valence-corrected chi connectivity index (χ2v) is 7.25. The molecule has 0 amide bonds. The lowest BCUT2D eigenvalue weighted by Gasteiger charge is -2.09. The lowest BCUT2D eigenvalue weighted by Crippen LogP contribution is -2.11. The summed E-state index contributed by atoms with van der Waals surface area (Å²) in [4.78, 5) is 27.9. The molecule has 4 aromatic rings. The summed E-state index contributed by atoms with van der Waals surface area (Å²) in [7, 11) is 0. The number of carbonyl (C=O) groups excluding carboxylic acids is 1. The fourth-order valence-electron chi connectivity index (χ4n) is 3.37. The van der Waals surface area contributed by atoms with Crippen molar-refractivity contribution in [1.29, 1.82) is 0 Å². The molecular formula is C23H24N6O2. The van der Waals surface area contributed by atoms with Gasteiger partial charge in [0.25, 0.3) is 0 Å². The third kappa shape index (κ3) is 5.16. The maximum atomic E-state index is 12.2. The van der Waals surface area contributed by atoms with Gasteiger partial charge < -0.3 is 20.8 Å². The normalized spacial score (nSPS) is 10.9.